The molecule has 0 saturated carbocycles. The maximum absolute atomic E-state index is 13.1. The molecule has 0 saturated heterocycles. The van der Waals surface area contributed by atoms with Crippen LogP contribution in [0.2, 0.25) is 0 Å². The van der Waals surface area contributed by atoms with E-state index in [-0.39, 0.29) is 25.7 Å². The number of phosphoric ester groups is 2. The molecule has 17 nitrogen and oxygen atoms in total. The van der Waals surface area contributed by atoms with Gasteiger partial charge in [0, 0.05) is 25.7 Å². The van der Waals surface area contributed by atoms with E-state index in [0.29, 0.717) is 38.5 Å². The summed E-state index contributed by atoms with van der Waals surface area (Å²) in [7, 11) is -10.0. The van der Waals surface area contributed by atoms with Gasteiger partial charge in [-0.05, 0) is 167 Å². The first-order valence-electron chi connectivity index (χ1n) is 40.0. The van der Waals surface area contributed by atoms with Gasteiger partial charge in [0.15, 0.2) is 12.2 Å². The van der Waals surface area contributed by atoms with Crippen LogP contribution in [0, 0.1) is 0 Å². The average molecular weight is 1520 g/mol. The average Bonchev–Trinajstić information content (AvgIpc) is 0.902. The fraction of sp³-hybridized carbons (Fsp3) is 0.609. The summed E-state index contributed by atoms with van der Waals surface area (Å²) in [5, 5.41) is 10.6. The van der Waals surface area contributed by atoms with Crippen LogP contribution in [0.15, 0.2) is 182 Å². The molecule has 0 amide bonds. The molecule has 0 spiro atoms. The van der Waals surface area contributed by atoms with Gasteiger partial charge in [0.2, 0.25) is 0 Å². The van der Waals surface area contributed by atoms with E-state index in [4.69, 9.17) is 37.0 Å². The van der Waals surface area contributed by atoms with Crippen molar-refractivity contribution in [1.82, 2.24) is 0 Å². The third kappa shape index (κ3) is 76.4. The van der Waals surface area contributed by atoms with Crippen molar-refractivity contribution >= 4 is 39.5 Å². The van der Waals surface area contributed by atoms with Crippen LogP contribution in [0.4, 0.5) is 0 Å². The normalized spacial score (nSPS) is 14.8. The molecule has 5 atom stereocenters. The van der Waals surface area contributed by atoms with Crippen molar-refractivity contribution in [3.8, 4) is 0 Å². The van der Waals surface area contributed by atoms with Crippen LogP contribution in [-0.2, 0) is 65.4 Å². The Bertz CT molecular complexity index is 2730. The molecule has 0 aliphatic heterocycles. The molecule has 0 aliphatic rings. The zero-order chi connectivity index (χ0) is 77.4. The minimum absolute atomic E-state index is 0.00715. The van der Waals surface area contributed by atoms with Gasteiger partial charge in [0.1, 0.15) is 19.3 Å². The Morgan fingerprint density at radius 1 is 0.274 bits per heavy atom. The van der Waals surface area contributed by atoms with Gasteiger partial charge in [-0.15, -0.1) is 0 Å². The highest BCUT2D eigenvalue weighted by Crippen LogP contribution is 2.45. The Morgan fingerprint density at radius 2 is 0.519 bits per heavy atom. The molecule has 0 rings (SSSR count). The Hall–Kier alpha value is -5.84. The van der Waals surface area contributed by atoms with E-state index in [9.17, 15) is 43.2 Å². The molecule has 0 aromatic rings. The zero-order valence-electron chi connectivity index (χ0n) is 65.5. The molecular formula is C87H140O17P2. The number of esters is 4. The van der Waals surface area contributed by atoms with Crippen LogP contribution in [0.25, 0.3) is 0 Å². The minimum Gasteiger partial charge on any atom is -0.462 e. The van der Waals surface area contributed by atoms with E-state index in [1.807, 2.05) is 30.4 Å². The van der Waals surface area contributed by atoms with Gasteiger partial charge < -0.3 is 33.8 Å². The SMILES string of the molecule is CC/C=C\C/C=C\C/C=C\C/C=C\C/C=C\C/C=C\CCC(=O)OCC(COP(=O)(O)OCC(O)COP(=O)(O)OCC(COC(=O)CCCCCCC/C=C\C/C=C\CCCCC)OC(=O)CCCCCCC/C=C\C/C=C\CCCCC)OC(=O)CCC/C=C\C/C=C\C/C=C\C/C=C\C/C=C\CC. The number of rotatable bonds is 73. The van der Waals surface area contributed by atoms with Crippen molar-refractivity contribution in [1.29, 1.82) is 0 Å². The molecule has 5 unspecified atom stereocenters. The van der Waals surface area contributed by atoms with Gasteiger partial charge in [0.05, 0.1) is 26.4 Å². The van der Waals surface area contributed by atoms with Crippen molar-refractivity contribution in [2.75, 3.05) is 39.6 Å². The van der Waals surface area contributed by atoms with Gasteiger partial charge >= 0.3 is 39.5 Å². The zero-order valence-corrected chi connectivity index (χ0v) is 67.3. The Morgan fingerprint density at radius 3 is 0.849 bits per heavy atom. The van der Waals surface area contributed by atoms with Gasteiger partial charge in [-0.25, -0.2) is 9.13 Å². The van der Waals surface area contributed by atoms with E-state index in [1.165, 1.54) is 38.5 Å². The Kier molecular flexibility index (Phi) is 73.1. The number of hydrogen-bond donors (Lipinski definition) is 3. The summed E-state index contributed by atoms with van der Waals surface area (Å²) >= 11 is 0. The molecule has 0 aliphatic carbocycles. The van der Waals surface area contributed by atoms with Crippen molar-refractivity contribution in [3.05, 3.63) is 182 Å². The van der Waals surface area contributed by atoms with E-state index in [0.717, 1.165) is 154 Å². The lowest BCUT2D eigenvalue weighted by Crippen LogP contribution is -2.30. The first-order valence-corrected chi connectivity index (χ1v) is 43.0. The van der Waals surface area contributed by atoms with Crippen molar-refractivity contribution in [2.45, 2.75) is 303 Å². The summed E-state index contributed by atoms with van der Waals surface area (Å²) in [5.74, 6) is -2.39. The first kappa shape index (κ1) is 100. The monoisotopic (exact) mass is 1520 g/mol. The number of allylic oxidation sites excluding steroid dienone is 30. The van der Waals surface area contributed by atoms with E-state index < -0.39 is 97.5 Å². The molecule has 0 radical (unpaired) electrons. The maximum atomic E-state index is 13.1. The number of phosphoric acid groups is 2. The van der Waals surface area contributed by atoms with Crippen molar-refractivity contribution in [2.24, 2.45) is 0 Å². The molecule has 600 valence electrons. The summed E-state index contributed by atoms with van der Waals surface area (Å²) < 4.78 is 68.5. The molecular weight excluding hydrogens is 1380 g/mol. The molecule has 106 heavy (non-hydrogen) atoms. The lowest BCUT2D eigenvalue weighted by Gasteiger charge is -2.21. The van der Waals surface area contributed by atoms with E-state index >= 15 is 0 Å². The van der Waals surface area contributed by atoms with E-state index in [1.54, 1.807) is 0 Å². The molecule has 0 heterocycles. The highest BCUT2D eigenvalue weighted by Gasteiger charge is 2.30. The molecule has 0 bridgehead atoms. The van der Waals surface area contributed by atoms with Gasteiger partial charge in [-0.1, -0.05) is 274 Å². The second-order valence-electron chi connectivity index (χ2n) is 25.9. The van der Waals surface area contributed by atoms with Gasteiger partial charge in [-0.2, -0.15) is 0 Å². The van der Waals surface area contributed by atoms with E-state index in [2.05, 4.69) is 180 Å². The highest BCUT2D eigenvalue weighted by molar-refractivity contribution is 7.47. The number of carbonyl (C=O) groups is 4. The second kappa shape index (κ2) is 77.3. The topological polar surface area (TPSA) is 237 Å². The summed E-state index contributed by atoms with van der Waals surface area (Å²) in [4.78, 5) is 73.0. The van der Waals surface area contributed by atoms with Crippen molar-refractivity contribution < 1.29 is 80.2 Å². The lowest BCUT2D eigenvalue weighted by molar-refractivity contribution is -0.161. The van der Waals surface area contributed by atoms with Crippen LogP contribution in [0.1, 0.15) is 285 Å². The molecule has 19 heteroatoms. The number of hydrogen-bond acceptors (Lipinski definition) is 15. The summed E-state index contributed by atoms with van der Waals surface area (Å²) in [5.41, 5.74) is 0. The van der Waals surface area contributed by atoms with Crippen molar-refractivity contribution in [3.63, 3.8) is 0 Å². The number of aliphatic hydroxyl groups excluding tert-OH is 1. The lowest BCUT2D eigenvalue weighted by atomic mass is 10.1. The smallest absolute Gasteiger partial charge is 0.462 e. The number of carbonyl (C=O) groups excluding carboxylic acids is 4. The second-order valence-corrected chi connectivity index (χ2v) is 28.8. The number of ether oxygens (including phenoxy) is 4. The van der Waals surface area contributed by atoms with Crippen LogP contribution in [0.3, 0.4) is 0 Å². The van der Waals surface area contributed by atoms with Gasteiger partial charge in [-0.3, -0.25) is 37.3 Å². The van der Waals surface area contributed by atoms with Crippen LogP contribution >= 0.6 is 15.6 Å². The fourth-order valence-corrected chi connectivity index (χ4v) is 11.4. The predicted octanol–water partition coefficient (Wildman–Crippen LogP) is 23.6. The molecule has 3 N–H and O–H groups in total. The molecule has 0 aromatic carbocycles. The highest BCUT2D eigenvalue weighted by atomic mass is 31.2. The largest absolute Gasteiger partial charge is 0.472 e. The summed E-state index contributed by atoms with van der Waals surface area (Å²) in [6.45, 7) is 4.39. The molecule has 0 fully saturated rings. The standard InChI is InChI=1S/C87H140O17P2/c1-5-9-13-17-21-25-29-33-37-39-40-42-45-48-52-56-60-64-68-72-85(90)98-78-83(104-87(92)74-70-66-62-58-54-50-46-41-38-34-30-26-22-18-14-10-6-2)80-102-106(95,96)100-76-81(88)75-99-105(93,94)101-79-82(103-86(91)73-69-65-61-57-53-49-44-36-32-28-24-20-16-12-8-4)77-97-84(89)71-67-63-59-55-51-47-43-35-31-27-23-19-15-11-7-3/h9-10,13-14,21-28,33-38,40,42-44,46,48,50,52,58,60,62,64,81-83,88H,5-8,11-12,15-20,29-32,39,41,45,47,49,51,53-57,59,61,63,65-80H2,1-4H3,(H,93,94)(H,95,96)/b13-9-,14-10-,25-21-,26-22-,27-23-,28-24-,37-33-,38-34-,42-40-,43-35-,44-36-,50-46-,52-48-,62-58-,64-60-. The Balaban J connectivity index is 5.53. The van der Waals surface area contributed by atoms with Crippen LogP contribution in [-0.4, -0.2) is 96.7 Å². The maximum Gasteiger partial charge on any atom is 0.472 e. The quantitative estimate of drug-likeness (QED) is 0.0169. The fourth-order valence-electron chi connectivity index (χ4n) is 9.81. The van der Waals surface area contributed by atoms with Crippen LogP contribution in [0.5, 0.6) is 0 Å². The third-order valence-corrected chi connectivity index (χ3v) is 17.7. The third-order valence-electron chi connectivity index (χ3n) is 15.8. The molecule has 0 aromatic heterocycles. The first-order chi connectivity index (χ1) is 51.7. The summed E-state index contributed by atoms with van der Waals surface area (Å²) in [6, 6.07) is 0. The van der Waals surface area contributed by atoms with Gasteiger partial charge in [0.25, 0.3) is 0 Å². The number of aliphatic hydroxyl groups is 1. The minimum atomic E-state index is -5.02. The predicted molar refractivity (Wildman–Crippen MR) is 436 cm³/mol. The number of unbranched alkanes of at least 4 members (excludes halogenated alkanes) is 17. The summed E-state index contributed by atoms with van der Waals surface area (Å²) in [6.07, 6.45) is 93.2. The Labute approximate surface area is 641 Å². The van der Waals surface area contributed by atoms with Crippen LogP contribution < -0.4 is 0 Å².